The van der Waals surface area contributed by atoms with Crippen LogP contribution in [0.1, 0.15) is 26.7 Å². The number of ether oxygens (including phenoxy) is 2. The zero-order chi connectivity index (χ0) is 8.27. The van der Waals surface area contributed by atoms with Gasteiger partial charge in [0.2, 0.25) is 0 Å². The van der Waals surface area contributed by atoms with Crippen molar-refractivity contribution in [3.63, 3.8) is 0 Å². The maximum absolute atomic E-state index is 10.7. The standard InChI is InChI=1S/C8H13O3/c1-3-10-8(9)11-6(2)7-4-5-7/h3,6-7H,4-5H2,1-2H3. The Morgan fingerprint density at radius 3 is 2.73 bits per heavy atom. The van der Waals surface area contributed by atoms with Crippen LogP contribution in [-0.2, 0) is 9.47 Å². The Hall–Kier alpha value is -0.730. The molecule has 0 saturated heterocycles. The van der Waals surface area contributed by atoms with E-state index in [1.54, 1.807) is 6.92 Å². The van der Waals surface area contributed by atoms with Crippen molar-refractivity contribution in [1.29, 1.82) is 0 Å². The fraction of sp³-hybridized carbons (Fsp3) is 0.750. The molecule has 0 aliphatic heterocycles. The molecule has 1 saturated carbocycles. The van der Waals surface area contributed by atoms with Crippen molar-refractivity contribution in [2.45, 2.75) is 32.8 Å². The van der Waals surface area contributed by atoms with Crippen molar-refractivity contribution in [1.82, 2.24) is 0 Å². The zero-order valence-corrected chi connectivity index (χ0v) is 6.87. The molecule has 1 rings (SSSR count). The van der Waals surface area contributed by atoms with Crippen LogP contribution in [0.5, 0.6) is 0 Å². The van der Waals surface area contributed by atoms with Crippen LogP contribution in [0.2, 0.25) is 0 Å². The van der Waals surface area contributed by atoms with Crippen LogP contribution in [-0.4, -0.2) is 12.3 Å². The van der Waals surface area contributed by atoms with Crippen LogP contribution in [0.25, 0.3) is 0 Å². The molecule has 3 heteroatoms. The summed E-state index contributed by atoms with van der Waals surface area (Å²) >= 11 is 0. The first-order valence-electron chi connectivity index (χ1n) is 3.89. The van der Waals surface area contributed by atoms with Gasteiger partial charge in [-0.3, -0.25) is 0 Å². The molecule has 11 heavy (non-hydrogen) atoms. The second-order valence-electron chi connectivity index (χ2n) is 2.76. The van der Waals surface area contributed by atoms with E-state index in [1.807, 2.05) is 6.92 Å². The molecule has 1 unspecified atom stereocenters. The van der Waals surface area contributed by atoms with Gasteiger partial charge < -0.3 is 9.47 Å². The van der Waals surface area contributed by atoms with Gasteiger partial charge in [0.15, 0.2) is 0 Å². The van der Waals surface area contributed by atoms with Crippen LogP contribution < -0.4 is 0 Å². The third-order valence-electron chi connectivity index (χ3n) is 1.78. The summed E-state index contributed by atoms with van der Waals surface area (Å²) in [5, 5.41) is 0. The summed E-state index contributed by atoms with van der Waals surface area (Å²) in [7, 11) is 0. The Morgan fingerprint density at radius 2 is 2.27 bits per heavy atom. The van der Waals surface area contributed by atoms with Crippen LogP contribution in [0.15, 0.2) is 0 Å². The highest BCUT2D eigenvalue weighted by Crippen LogP contribution is 2.34. The molecule has 0 aromatic heterocycles. The van der Waals surface area contributed by atoms with Gasteiger partial charge in [-0.2, -0.15) is 0 Å². The number of hydrogen-bond acceptors (Lipinski definition) is 3. The minimum Gasteiger partial charge on any atom is -0.431 e. The van der Waals surface area contributed by atoms with Crippen molar-refractivity contribution in [3.05, 3.63) is 6.61 Å². The maximum atomic E-state index is 10.7. The van der Waals surface area contributed by atoms with E-state index >= 15 is 0 Å². The fourth-order valence-electron chi connectivity index (χ4n) is 0.938. The molecule has 0 aromatic carbocycles. The monoisotopic (exact) mass is 157 g/mol. The number of carbonyl (C=O) groups excluding carboxylic acids is 1. The lowest BCUT2D eigenvalue weighted by atomic mass is 10.3. The smallest absolute Gasteiger partial charge is 0.431 e. The van der Waals surface area contributed by atoms with Gasteiger partial charge in [-0.05, 0) is 32.6 Å². The highest BCUT2D eigenvalue weighted by molar-refractivity contribution is 5.60. The Balaban J connectivity index is 2.12. The first-order valence-corrected chi connectivity index (χ1v) is 3.89. The average molecular weight is 157 g/mol. The Bertz CT molecular complexity index is 140. The zero-order valence-electron chi connectivity index (χ0n) is 6.87. The van der Waals surface area contributed by atoms with E-state index in [2.05, 4.69) is 4.74 Å². The molecule has 0 aromatic rings. The third-order valence-corrected chi connectivity index (χ3v) is 1.78. The fourth-order valence-corrected chi connectivity index (χ4v) is 0.938. The van der Waals surface area contributed by atoms with Crippen LogP contribution in [0.3, 0.4) is 0 Å². The lowest BCUT2D eigenvalue weighted by molar-refractivity contribution is 0.0376. The molecule has 1 aliphatic carbocycles. The van der Waals surface area contributed by atoms with E-state index < -0.39 is 6.16 Å². The number of carbonyl (C=O) groups is 1. The maximum Gasteiger partial charge on any atom is 0.508 e. The Morgan fingerprint density at radius 1 is 1.64 bits per heavy atom. The highest BCUT2D eigenvalue weighted by atomic mass is 16.7. The molecule has 1 atom stereocenters. The summed E-state index contributed by atoms with van der Waals surface area (Å²) in [5.74, 6) is 0.569. The predicted octanol–water partition coefficient (Wildman–Crippen LogP) is 2.12. The van der Waals surface area contributed by atoms with Crippen LogP contribution in [0.4, 0.5) is 4.79 Å². The van der Waals surface area contributed by atoms with E-state index in [0.29, 0.717) is 5.92 Å². The second kappa shape index (κ2) is 3.60. The lowest BCUT2D eigenvalue weighted by Crippen LogP contribution is -2.16. The van der Waals surface area contributed by atoms with Gasteiger partial charge in [0.25, 0.3) is 0 Å². The van der Waals surface area contributed by atoms with Crippen molar-refractivity contribution in [2.24, 2.45) is 5.92 Å². The van der Waals surface area contributed by atoms with Gasteiger partial charge in [0.05, 0.1) is 0 Å². The molecule has 63 valence electrons. The topological polar surface area (TPSA) is 35.5 Å². The molecule has 0 bridgehead atoms. The summed E-state index contributed by atoms with van der Waals surface area (Å²) in [6.07, 6.45) is 1.77. The number of rotatable bonds is 3. The van der Waals surface area contributed by atoms with E-state index in [9.17, 15) is 4.79 Å². The van der Waals surface area contributed by atoms with Crippen LogP contribution >= 0.6 is 0 Å². The summed E-state index contributed by atoms with van der Waals surface area (Å²) < 4.78 is 9.43. The third kappa shape index (κ3) is 2.78. The Kier molecular flexibility index (Phi) is 2.74. The molecule has 0 spiro atoms. The second-order valence-corrected chi connectivity index (χ2v) is 2.76. The molecule has 1 fully saturated rings. The first kappa shape index (κ1) is 8.37. The molecular weight excluding hydrogens is 144 g/mol. The molecule has 3 nitrogen and oxygen atoms in total. The number of hydrogen-bond donors (Lipinski definition) is 0. The molecule has 0 N–H and O–H groups in total. The molecule has 1 radical (unpaired) electrons. The van der Waals surface area contributed by atoms with E-state index in [0.717, 1.165) is 0 Å². The van der Waals surface area contributed by atoms with Gasteiger partial charge in [-0.1, -0.05) is 0 Å². The van der Waals surface area contributed by atoms with Gasteiger partial charge in [-0.15, -0.1) is 0 Å². The average Bonchev–Trinajstić information content (AvgIpc) is 2.67. The normalized spacial score (nSPS) is 19.1. The first-order chi connectivity index (χ1) is 5.24. The molecule has 0 heterocycles. The minimum atomic E-state index is -0.591. The van der Waals surface area contributed by atoms with Gasteiger partial charge in [-0.25, -0.2) is 4.79 Å². The molecule has 0 amide bonds. The SMILES string of the molecule is C[CH]OC(=O)OC(C)C1CC1. The summed E-state index contributed by atoms with van der Waals surface area (Å²) in [5.41, 5.74) is 0. The van der Waals surface area contributed by atoms with Crippen molar-refractivity contribution >= 4 is 6.16 Å². The van der Waals surface area contributed by atoms with Crippen molar-refractivity contribution in [2.75, 3.05) is 0 Å². The van der Waals surface area contributed by atoms with Gasteiger partial charge >= 0.3 is 6.16 Å². The van der Waals surface area contributed by atoms with Crippen molar-refractivity contribution < 1.29 is 14.3 Å². The summed E-state index contributed by atoms with van der Waals surface area (Å²) in [6.45, 7) is 4.86. The van der Waals surface area contributed by atoms with E-state index in [4.69, 9.17) is 4.74 Å². The predicted molar refractivity (Wildman–Crippen MR) is 39.7 cm³/mol. The summed E-state index contributed by atoms with van der Waals surface area (Å²) in [4.78, 5) is 10.7. The molecule has 1 aliphatic rings. The van der Waals surface area contributed by atoms with Crippen molar-refractivity contribution in [3.8, 4) is 0 Å². The highest BCUT2D eigenvalue weighted by Gasteiger charge is 2.30. The quantitative estimate of drug-likeness (QED) is 0.588. The van der Waals surface area contributed by atoms with E-state index in [-0.39, 0.29) is 6.10 Å². The van der Waals surface area contributed by atoms with Gasteiger partial charge in [0, 0.05) is 0 Å². The van der Waals surface area contributed by atoms with Gasteiger partial charge in [0.1, 0.15) is 12.7 Å². The summed E-state index contributed by atoms with van der Waals surface area (Å²) in [6, 6.07) is 0. The van der Waals surface area contributed by atoms with E-state index in [1.165, 1.54) is 19.4 Å². The Labute approximate surface area is 66.7 Å². The lowest BCUT2D eigenvalue weighted by Gasteiger charge is -2.10. The largest absolute Gasteiger partial charge is 0.508 e. The molecular formula is C8H13O3. The van der Waals surface area contributed by atoms with Crippen LogP contribution in [0, 0.1) is 12.5 Å². The minimum absolute atomic E-state index is 0.0162.